The number of hydrogen-bond donors (Lipinski definition) is 1. The zero-order valence-electron chi connectivity index (χ0n) is 11.3. The zero-order chi connectivity index (χ0) is 15.6. The Bertz CT molecular complexity index is 725. The van der Waals surface area contributed by atoms with E-state index in [1.54, 1.807) is 17.8 Å². The Morgan fingerprint density at radius 1 is 1.43 bits per heavy atom. The van der Waals surface area contributed by atoms with Crippen molar-refractivity contribution >= 4 is 61.1 Å². The van der Waals surface area contributed by atoms with Crippen molar-refractivity contribution in [3.8, 4) is 0 Å². The standard InChI is InChI=1S/C14H12Br2ClN3O/c1-8-10(14(17)20(2)19-8)4-6-13(21)18-12-5-3-9(15)7-11(12)16/h3-7H,1-2H3,(H,18,21)/b6-4+. The van der Waals surface area contributed by atoms with Gasteiger partial charge in [-0.3, -0.25) is 9.48 Å². The van der Waals surface area contributed by atoms with Gasteiger partial charge in [-0.05, 0) is 47.1 Å². The monoisotopic (exact) mass is 431 g/mol. The first-order valence-electron chi connectivity index (χ1n) is 6.01. The fourth-order valence-corrected chi connectivity index (χ4v) is 3.14. The average Bonchev–Trinajstić information content (AvgIpc) is 2.65. The third-order valence-electron chi connectivity index (χ3n) is 2.79. The maximum absolute atomic E-state index is 12.0. The van der Waals surface area contributed by atoms with Gasteiger partial charge in [0.15, 0.2) is 0 Å². The van der Waals surface area contributed by atoms with Crippen molar-refractivity contribution in [2.45, 2.75) is 6.92 Å². The molecule has 7 heteroatoms. The second-order valence-electron chi connectivity index (χ2n) is 4.36. The molecule has 1 heterocycles. The van der Waals surface area contributed by atoms with Crippen LogP contribution in [0.4, 0.5) is 5.69 Å². The summed E-state index contributed by atoms with van der Waals surface area (Å²) in [5.41, 5.74) is 2.21. The first-order valence-corrected chi connectivity index (χ1v) is 7.98. The second kappa shape index (κ2) is 6.77. The van der Waals surface area contributed by atoms with Gasteiger partial charge in [0.2, 0.25) is 5.91 Å². The predicted octanol–water partition coefficient (Wildman–Crippen LogP) is 4.56. The van der Waals surface area contributed by atoms with Crippen LogP contribution >= 0.6 is 43.5 Å². The van der Waals surface area contributed by atoms with Crippen LogP contribution in [0.25, 0.3) is 6.08 Å². The average molecular weight is 434 g/mol. The lowest BCUT2D eigenvalue weighted by molar-refractivity contribution is -0.111. The smallest absolute Gasteiger partial charge is 0.248 e. The molecule has 1 aromatic heterocycles. The van der Waals surface area contributed by atoms with E-state index >= 15 is 0 Å². The predicted molar refractivity (Wildman–Crippen MR) is 92.5 cm³/mol. The molecule has 2 aromatic rings. The number of carbonyl (C=O) groups is 1. The highest BCUT2D eigenvalue weighted by molar-refractivity contribution is 9.11. The molecule has 0 bridgehead atoms. The van der Waals surface area contributed by atoms with Crippen LogP contribution in [-0.4, -0.2) is 15.7 Å². The molecule has 0 aliphatic rings. The van der Waals surface area contributed by atoms with Gasteiger partial charge in [-0.1, -0.05) is 27.5 Å². The minimum absolute atomic E-state index is 0.239. The van der Waals surface area contributed by atoms with Gasteiger partial charge in [0.05, 0.1) is 11.4 Å². The fourth-order valence-electron chi connectivity index (χ4n) is 1.76. The maximum Gasteiger partial charge on any atom is 0.248 e. The van der Waals surface area contributed by atoms with Crippen molar-refractivity contribution in [2.24, 2.45) is 7.05 Å². The first kappa shape index (κ1) is 16.3. The highest BCUT2D eigenvalue weighted by Gasteiger charge is 2.09. The van der Waals surface area contributed by atoms with E-state index in [2.05, 4.69) is 42.3 Å². The number of benzene rings is 1. The summed E-state index contributed by atoms with van der Waals surface area (Å²) in [5, 5.41) is 7.48. The van der Waals surface area contributed by atoms with Gasteiger partial charge in [0.1, 0.15) is 5.15 Å². The minimum atomic E-state index is -0.239. The lowest BCUT2D eigenvalue weighted by atomic mass is 10.2. The zero-order valence-corrected chi connectivity index (χ0v) is 15.3. The third kappa shape index (κ3) is 3.96. The molecule has 0 saturated carbocycles. The quantitative estimate of drug-likeness (QED) is 0.722. The number of hydrogen-bond acceptors (Lipinski definition) is 2. The Kier molecular flexibility index (Phi) is 5.24. The van der Waals surface area contributed by atoms with E-state index in [1.165, 1.54) is 6.08 Å². The fraction of sp³-hybridized carbons (Fsp3) is 0.143. The van der Waals surface area contributed by atoms with Crippen LogP contribution in [-0.2, 0) is 11.8 Å². The van der Waals surface area contributed by atoms with Crippen LogP contribution in [0.3, 0.4) is 0 Å². The molecule has 0 unspecified atom stereocenters. The van der Waals surface area contributed by atoms with Crippen LogP contribution in [0.5, 0.6) is 0 Å². The second-order valence-corrected chi connectivity index (χ2v) is 6.49. The molecule has 0 radical (unpaired) electrons. The van der Waals surface area contributed by atoms with E-state index in [9.17, 15) is 4.79 Å². The summed E-state index contributed by atoms with van der Waals surface area (Å²) in [4.78, 5) is 12.0. The summed E-state index contributed by atoms with van der Waals surface area (Å²) >= 11 is 12.9. The van der Waals surface area contributed by atoms with Gasteiger partial charge in [0, 0.05) is 27.6 Å². The van der Waals surface area contributed by atoms with E-state index in [0.29, 0.717) is 10.8 Å². The molecule has 1 N–H and O–H groups in total. The number of rotatable bonds is 3. The van der Waals surface area contributed by atoms with Crippen LogP contribution in [0.1, 0.15) is 11.3 Å². The first-order chi connectivity index (χ1) is 9.88. The van der Waals surface area contributed by atoms with Gasteiger partial charge >= 0.3 is 0 Å². The van der Waals surface area contributed by atoms with Crippen LogP contribution in [0, 0.1) is 6.92 Å². The SMILES string of the molecule is Cc1nn(C)c(Cl)c1/C=C/C(=O)Nc1ccc(Br)cc1Br. The summed E-state index contributed by atoms with van der Waals surface area (Å²) in [6.07, 6.45) is 3.09. The Labute approximate surface area is 144 Å². The van der Waals surface area contributed by atoms with Crippen LogP contribution in [0.2, 0.25) is 5.15 Å². The van der Waals surface area contributed by atoms with Crippen molar-refractivity contribution in [2.75, 3.05) is 5.32 Å². The number of aromatic nitrogens is 2. The van der Waals surface area contributed by atoms with Crippen molar-refractivity contribution in [1.82, 2.24) is 9.78 Å². The van der Waals surface area contributed by atoms with Gasteiger partial charge in [-0.25, -0.2) is 0 Å². The number of carbonyl (C=O) groups excluding carboxylic acids is 1. The van der Waals surface area contributed by atoms with Crippen molar-refractivity contribution in [1.29, 1.82) is 0 Å². The summed E-state index contributed by atoms with van der Waals surface area (Å²) in [6.45, 7) is 1.84. The van der Waals surface area contributed by atoms with Gasteiger partial charge in [-0.2, -0.15) is 5.10 Å². The van der Waals surface area contributed by atoms with Gasteiger partial charge < -0.3 is 5.32 Å². The molecule has 2 rings (SSSR count). The topological polar surface area (TPSA) is 46.9 Å². The molecule has 110 valence electrons. The number of amides is 1. The number of nitrogens with zero attached hydrogens (tertiary/aromatic N) is 2. The number of nitrogens with one attached hydrogen (secondary N) is 1. The summed E-state index contributed by atoms with van der Waals surface area (Å²) < 4.78 is 3.30. The lowest BCUT2D eigenvalue weighted by Gasteiger charge is -2.05. The third-order valence-corrected chi connectivity index (χ3v) is 4.38. The molecular formula is C14H12Br2ClN3O. The molecule has 0 aliphatic carbocycles. The largest absolute Gasteiger partial charge is 0.321 e. The number of halogens is 3. The molecule has 0 saturated heterocycles. The summed E-state index contributed by atoms with van der Waals surface area (Å²) in [6, 6.07) is 5.52. The summed E-state index contributed by atoms with van der Waals surface area (Å²) in [7, 11) is 1.76. The molecule has 1 aromatic carbocycles. The van der Waals surface area contributed by atoms with E-state index in [1.807, 2.05) is 25.1 Å². The highest BCUT2D eigenvalue weighted by Crippen LogP contribution is 2.26. The Hall–Kier alpha value is -1.11. The van der Waals surface area contributed by atoms with Gasteiger partial charge in [0.25, 0.3) is 0 Å². The molecule has 4 nitrogen and oxygen atoms in total. The normalized spacial score (nSPS) is 11.1. The number of anilines is 1. The lowest BCUT2D eigenvalue weighted by Crippen LogP contribution is -2.08. The highest BCUT2D eigenvalue weighted by atomic mass is 79.9. The van der Waals surface area contributed by atoms with Crippen molar-refractivity contribution < 1.29 is 4.79 Å². The Balaban J connectivity index is 2.13. The summed E-state index contributed by atoms with van der Waals surface area (Å²) in [5.74, 6) is -0.239. The maximum atomic E-state index is 12.0. The van der Waals surface area contributed by atoms with E-state index in [0.717, 1.165) is 20.2 Å². The van der Waals surface area contributed by atoms with E-state index in [4.69, 9.17) is 11.6 Å². The Morgan fingerprint density at radius 3 is 2.71 bits per heavy atom. The molecule has 0 aliphatic heterocycles. The Morgan fingerprint density at radius 2 is 2.14 bits per heavy atom. The van der Waals surface area contributed by atoms with Gasteiger partial charge in [-0.15, -0.1) is 0 Å². The van der Waals surface area contributed by atoms with E-state index in [-0.39, 0.29) is 5.91 Å². The van der Waals surface area contributed by atoms with E-state index < -0.39 is 0 Å². The van der Waals surface area contributed by atoms with Crippen molar-refractivity contribution in [3.63, 3.8) is 0 Å². The number of aryl methyl sites for hydroxylation is 2. The molecule has 0 spiro atoms. The molecule has 21 heavy (non-hydrogen) atoms. The minimum Gasteiger partial charge on any atom is -0.321 e. The molecule has 1 amide bonds. The molecule has 0 fully saturated rings. The molecular weight excluding hydrogens is 421 g/mol. The van der Waals surface area contributed by atoms with Crippen molar-refractivity contribution in [3.05, 3.63) is 49.6 Å². The van der Waals surface area contributed by atoms with Crippen LogP contribution < -0.4 is 5.32 Å². The van der Waals surface area contributed by atoms with Crippen LogP contribution in [0.15, 0.2) is 33.2 Å². The molecule has 0 atom stereocenters.